The summed E-state index contributed by atoms with van der Waals surface area (Å²) in [5.41, 5.74) is 7.06. The van der Waals surface area contributed by atoms with E-state index in [2.05, 4.69) is 54.1 Å². The van der Waals surface area contributed by atoms with E-state index >= 15 is 0 Å². The Bertz CT molecular complexity index is 1280. The summed E-state index contributed by atoms with van der Waals surface area (Å²) in [6.45, 7) is 2.85. The van der Waals surface area contributed by atoms with Crippen LogP contribution in [0.3, 0.4) is 0 Å². The van der Waals surface area contributed by atoms with Crippen molar-refractivity contribution < 1.29 is 30.0 Å². The van der Waals surface area contributed by atoms with E-state index in [1.165, 1.54) is 47.5 Å². The first kappa shape index (κ1) is 20.0. The Kier molecular flexibility index (Phi) is 5.50. The molecule has 1 N–H and O–H groups in total. The first-order valence-corrected chi connectivity index (χ1v) is 8.75. The van der Waals surface area contributed by atoms with Gasteiger partial charge < -0.3 is 9.67 Å². The molecule has 5 rings (SSSR count). The third-order valence-corrected chi connectivity index (χ3v) is 4.67. The molecule has 0 bridgehead atoms. The number of aromatic nitrogens is 2. The third kappa shape index (κ3) is 3.28. The molecule has 28 heavy (non-hydrogen) atoms. The van der Waals surface area contributed by atoms with Crippen molar-refractivity contribution in [3.63, 3.8) is 0 Å². The molecule has 0 aliphatic heterocycles. The van der Waals surface area contributed by atoms with Gasteiger partial charge in [-0.15, -0.1) is 24.3 Å². The van der Waals surface area contributed by atoms with Crippen LogP contribution in [0, 0.1) is 6.07 Å². The van der Waals surface area contributed by atoms with E-state index in [4.69, 9.17) is 10.1 Å². The van der Waals surface area contributed by atoms with Crippen LogP contribution < -0.4 is 0 Å². The number of benzene rings is 2. The molecule has 0 fully saturated rings. The summed E-state index contributed by atoms with van der Waals surface area (Å²) in [7, 11) is 2.11. The summed E-state index contributed by atoms with van der Waals surface area (Å²) >= 11 is 0. The van der Waals surface area contributed by atoms with Crippen LogP contribution in [0.15, 0.2) is 48.2 Å². The number of rotatable bonds is 1. The topological polar surface area (TPSA) is 55.1 Å². The predicted molar refractivity (Wildman–Crippen MR) is 111 cm³/mol. The van der Waals surface area contributed by atoms with E-state index in [1.54, 1.807) is 0 Å². The van der Waals surface area contributed by atoms with Crippen LogP contribution in [0.25, 0.3) is 45.0 Å². The molecule has 143 valence electrons. The molecule has 2 aromatic heterocycles. The normalized spacial score (nSPS) is 12.2. The second-order valence-electron chi connectivity index (χ2n) is 6.68. The average Bonchev–Trinajstić information content (AvgIpc) is 3.17. The van der Waals surface area contributed by atoms with E-state index in [-0.39, 0.29) is 31.6 Å². The minimum Gasteiger partial charge on any atom is -0.512 e. The Balaban J connectivity index is 0.000000246. The molecule has 4 aromatic rings. The molecule has 1 radical (unpaired) electrons. The Morgan fingerprint density at radius 2 is 1.96 bits per heavy atom. The van der Waals surface area contributed by atoms with Crippen LogP contribution in [0.1, 0.15) is 25.0 Å². The summed E-state index contributed by atoms with van der Waals surface area (Å²) in [4.78, 5) is 14.9. The van der Waals surface area contributed by atoms with Gasteiger partial charge in [0.25, 0.3) is 0 Å². The van der Waals surface area contributed by atoms with Crippen molar-refractivity contribution >= 4 is 50.8 Å². The van der Waals surface area contributed by atoms with Crippen molar-refractivity contribution in [1.29, 1.82) is 0 Å². The van der Waals surface area contributed by atoms with Crippen LogP contribution in [-0.2, 0) is 31.9 Å². The standard InChI is InChI=1S/C18H11N2.C5H8O2.Ir/c1-20-15-8-3-2-6-12(15)17-18(20)13-10-9-11-5-4-7-14(19-17)16(11)13;1-4(6)3-5(2)7;/h2-5,7-10H,1H3;3,6H,1-2H3;/q-1;;. The molecule has 5 heteroatoms. The predicted octanol–water partition coefficient (Wildman–Crippen LogP) is 5.20. The Hall–Kier alpha value is -2.75. The van der Waals surface area contributed by atoms with Crippen LogP contribution in [0.4, 0.5) is 0 Å². The number of ketones is 1. The molecule has 0 saturated carbocycles. The number of allylic oxidation sites excluding steroid dienone is 2. The maximum absolute atomic E-state index is 10.0. The van der Waals surface area contributed by atoms with Gasteiger partial charge in [0.1, 0.15) is 0 Å². The minimum absolute atomic E-state index is 0. The van der Waals surface area contributed by atoms with Gasteiger partial charge in [-0.3, -0.25) is 9.78 Å². The largest absolute Gasteiger partial charge is 0.512 e. The number of carbonyl (C=O) groups excluding carboxylic acids is 1. The maximum atomic E-state index is 10.0. The van der Waals surface area contributed by atoms with Gasteiger partial charge in [-0.05, 0) is 36.6 Å². The van der Waals surface area contributed by atoms with E-state index in [1.807, 2.05) is 12.1 Å². The molecule has 0 amide bonds. The first-order valence-electron chi connectivity index (χ1n) is 8.75. The van der Waals surface area contributed by atoms with Gasteiger partial charge in [-0.1, -0.05) is 29.7 Å². The molecule has 0 spiro atoms. The van der Waals surface area contributed by atoms with Crippen molar-refractivity contribution in [1.82, 2.24) is 9.55 Å². The van der Waals surface area contributed by atoms with Crippen molar-refractivity contribution in [2.45, 2.75) is 13.8 Å². The molecule has 1 aliphatic carbocycles. The van der Waals surface area contributed by atoms with Gasteiger partial charge in [-0.2, -0.15) is 0 Å². The smallest absolute Gasteiger partial charge is 0.155 e. The Labute approximate surface area is 176 Å². The van der Waals surface area contributed by atoms with Crippen molar-refractivity contribution in [2.75, 3.05) is 0 Å². The summed E-state index contributed by atoms with van der Waals surface area (Å²) in [6, 6.07) is 15.8. The number of nitrogens with zero attached hydrogens (tertiary/aromatic N) is 2. The van der Waals surface area contributed by atoms with E-state index in [9.17, 15) is 4.79 Å². The van der Waals surface area contributed by atoms with Gasteiger partial charge in [0, 0.05) is 49.6 Å². The summed E-state index contributed by atoms with van der Waals surface area (Å²) in [6.07, 6.45) is 5.56. The zero-order chi connectivity index (χ0) is 19.1. The zero-order valence-electron chi connectivity index (χ0n) is 15.8. The number of aryl methyl sites for hydroxylation is 1. The molecule has 0 saturated heterocycles. The van der Waals surface area contributed by atoms with Gasteiger partial charge in [-0.25, -0.2) is 0 Å². The number of carbonyl (C=O) groups is 1. The molecule has 4 nitrogen and oxygen atoms in total. The quantitative estimate of drug-likeness (QED) is 0.178. The van der Waals surface area contributed by atoms with Crippen LogP contribution in [0.2, 0.25) is 0 Å². The van der Waals surface area contributed by atoms with E-state index in [0.29, 0.717) is 0 Å². The van der Waals surface area contributed by atoms with Crippen molar-refractivity contribution in [2.24, 2.45) is 7.05 Å². The van der Waals surface area contributed by atoms with E-state index < -0.39 is 0 Å². The number of pyridine rings is 1. The fraction of sp³-hybridized carbons (Fsp3) is 0.130. The second kappa shape index (κ2) is 7.70. The van der Waals surface area contributed by atoms with Gasteiger partial charge in [0.15, 0.2) is 5.78 Å². The number of hydrogen-bond acceptors (Lipinski definition) is 3. The number of hydrogen-bond donors (Lipinski definition) is 1. The van der Waals surface area contributed by atoms with Gasteiger partial charge in [0.2, 0.25) is 0 Å². The number of fused-ring (bicyclic) bond motifs is 4. The van der Waals surface area contributed by atoms with Crippen LogP contribution in [-0.4, -0.2) is 20.4 Å². The number of aliphatic hydroxyl groups is 1. The Morgan fingerprint density at radius 1 is 1.18 bits per heavy atom. The maximum Gasteiger partial charge on any atom is 0.155 e. The second-order valence-corrected chi connectivity index (χ2v) is 6.68. The SMILES string of the molecule is CC(=O)C=C(C)O.Cn1c2ccc[c-]c2c2nc3cccc4c3c(c21)C=C4.[Ir]. The fourth-order valence-electron chi connectivity index (χ4n) is 3.66. The van der Waals surface area contributed by atoms with Crippen molar-refractivity contribution in [3.8, 4) is 0 Å². The van der Waals surface area contributed by atoms with E-state index in [0.717, 1.165) is 16.4 Å². The van der Waals surface area contributed by atoms with Crippen LogP contribution >= 0.6 is 0 Å². The molecule has 0 atom stereocenters. The number of aliphatic hydroxyl groups excluding tert-OH is 1. The summed E-state index contributed by atoms with van der Waals surface area (Å²) < 4.78 is 2.23. The van der Waals surface area contributed by atoms with Gasteiger partial charge >= 0.3 is 0 Å². The zero-order valence-corrected chi connectivity index (χ0v) is 18.2. The molecular formula is C23H19IrN2O2-. The van der Waals surface area contributed by atoms with Gasteiger partial charge in [0.05, 0.1) is 11.3 Å². The first-order chi connectivity index (χ1) is 13.0. The third-order valence-electron chi connectivity index (χ3n) is 4.67. The molecule has 1 aliphatic rings. The average molecular weight is 548 g/mol. The molecule has 2 aromatic carbocycles. The van der Waals surface area contributed by atoms with Crippen molar-refractivity contribution in [3.05, 3.63) is 65.4 Å². The fourth-order valence-corrected chi connectivity index (χ4v) is 3.66. The monoisotopic (exact) mass is 548 g/mol. The summed E-state index contributed by atoms with van der Waals surface area (Å²) in [5, 5.41) is 10.7. The Morgan fingerprint density at radius 3 is 2.64 bits per heavy atom. The van der Waals surface area contributed by atoms with Crippen LogP contribution in [0.5, 0.6) is 0 Å². The minimum atomic E-state index is -0.125. The summed E-state index contributed by atoms with van der Waals surface area (Å²) in [5.74, 6) is -0.0625. The molecule has 2 heterocycles. The molecule has 0 unspecified atom stereocenters. The molecular weight excluding hydrogens is 528 g/mol.